The van der Waals surface area contributed by atoms with Crippen LogP contribution in [0.5, 0.6) is 0 Å². The summed E-state index contributed by atoms with van der Waals surface area (Å²) in [5.74, 6) is 3.88. The summed E-state index contributed by atoms with van der Waals surface area (Å²) in [5.41, 5.74) is 2.78. The van der Waals surface area contributed by atoms with Crippen molar-refractivity contribution in [1.82, 2.24) is 5.43 Å². The smallest absolute Gasteiger partial charge is 0.281 e. The molecule has 0 spiro atoms. The van der Waals surface area contributed by atoms with Crippen molar-refractivity contribution in [3.05, 3.63) is 35.4 Å². The number of hydrazine groups is 1. The zero-order valence-electron chi connectivity index (χ0n) is 8.54. The third-order valence-corrected chi connectivity index (χ3v) is 3.14. The first-order valence-corrected chi connectivity index (χ1v) is 5.90. The van der Waals surface area contributed by atoms with Crippen molar-refractivity contribution in [3.63, 3.8) is 0 Å². The molecular weight excluding hydrogens is 232 g/mol. The summed E-state index contributed by atoms with van der Waals surface area (Å²) < 4.78 is 31.1. The predicted molar refractivity (Wildman–Crippen MR) is 57.8 cm³/mol. The molecule has 4 N–H and O–H groups in total. The highest BCUT2D eigenvalue weighted by Crippen LogP contribution is 2.21. The van der Waals surface area contributed by atoms with Gasteiger partial charge in [-0.25, -0.2) is 5.84 Å². The number of carbonyl (C=O) groups excluding carboxylic acids is 1. The van der Waals surface area contributed by atoms with Crippen LogP contribution in [0.2, 0.25) is 0 Å². The lowest BCUT2D eigenvalue weighted by atomic mass is 10.1. The molecule has 0 bridgehead atoms. The van der Waals surface area contributed by atoms with Crippen LogP contribution in [0.25, 0.3) is 0 Å². The van der Waals surface area contributed by atoms with Gasteiger partial charge in [0.15, 0.2) is 5.25 Å². The molecule has 0 aliphatic carbocycles. The van der Waals surface area contributed by atoms with Crippen molar-refractivity contribution >= 4 is 16.0 Å². The molecule has 1 aromatic rings. The minimum absolute atomic E-state index is 0.163. The second kappa shape index (κ2) is 4.60. The van der Waals surface area contributed by atoms with Gasteiger partial charge in [0.25, 0.3) is 16.0 Å². The van der Waals surface area contributed by atoms with E-state index >= 15 is 0 Å². The first-order chi connectivity index (χ1) is 7.36. The zero-order valence-corrected chi connectivity index (χ0v) is 9.36. The fourth-order valence-corrected chi connectivity index (χ4v) is 2.12. The van der Waals surface area contributed by atoms with E-state index in [9.17, 15) is 13.2 Å². The van der Waals surface area contributed by atoms with Crippen LogP contribution in [-0.4, -0.2) is 18.9 Å². The van der Waals surface area contributed by atoms with Crippen molar-refractivity contribution in [2.45, 2.75) is 12.2 Å². The fourth-order valence-electron chi connectivity index (χ4n) is 1.28. The van der Waals surface area contributed by atoms with Gasteiger partial charge in [0.05, 0.1) is 0 Å². The van der Waals surface area contributed by atoms with Crippen LogP contribution in [0.4, 0.5) is 0 Å². The van der Waals surface area contributed by atoms with Crippen LogP contribution in [0.15, 0.2) is 24.3 Å². The maximum Gasteiger partial charge on any atom is 0.281 e. The largest absolute Gasteiger partial charge is 0.293 e. The molecule has 0 saturated carbocycles. The number of hydrogen-bond donors (Lipinski definition) is 3. The van der Waals surface area contributed by atoms with Gasteiger partial charge in [-0.1, -0.05) is 29.8 Å². The van der Waals surface area contributed by atoms with Crippen LogP contribution >= 0.6 is 0 Å². The molecule has 0 saturated heterocycles. The van der Waals surface area contributed by atoms with E-state index in [-0.39, 0.29) is 5.56 Å². The van der Waals surface area contributed by atoms with E-state index in [2.05, 4.69) is 0 Å². The molecule has 6 nitrogen and oxygen atoms in total. The summed E-state index contributed by atoms with van der Waals surface area (Å²) >= 11 is 0. The summed E-state index contributed by atoms with van der Waals surface area (Å²) in [6, 6.07) is 6.17. The molecule has 88 valence electrons. The minimum Gasteiger partial charge on any atom is -0.293 e. The fraction of sp³-hybridized carbons (Fsp3) is 0.222. The normalized spacial score (nSPS) is 13.2. The molecule has 16 heavy (non-hydrogen) atoms. The van der Waals surface area contributed by atoms with E-state index < -0.39 is 21.3 Å². The minimum atomic E-state index is -4.53. The number of benzene rings is 1. The molecule has 1 rings (SSSR count). The van der Waals surface area contributed by atoms with E-state index in [0.717, 1.165) is 5.56 Å². The van der Waals surface area contributed by atoms with Crippen molar-refractivity contribution in [1.29, 1.82) is 0 Å². The highest BCUT2D eigenvalue weighted by atomic mass is 32.2. The second-order valence-electron chi connectivity index (χ2n) is 3.31. The average molecular weight is 244 g/mol. The van der Waals surface area contributed by atoms with Crippen molar-refractivity contribution in [2.75, 3.05) is 0 Å². The van der Waals surface area contributed by atoms with Gasteiger partial charge in [-0.05, 0) is 12.5 Å². The Bertz CT molecular complexity index is 481. The third-order valence-electron chi connectivity index (χ3n) is 2.06. The Morgan fingerprint density at radius 2 is 1.88 bits per heavy atom. The quantitative estimate of drug-likeness (QED) is 0.298. The number of nitrogens with two attached hydrogens (primary N) is 1. The van der Waals surface area contributed by atoms with Gasteiger partial charge in [-0.2, -0.15) is 8.42 Å². The molecule has 1 unspecified atom stereocenters. The lowest BCUT2D eigenvalue weighted by Crippen LogP contribution is -2.37. The van der Waals surface area contributed by atoms with Gasteiger partial charge in [0, 0.05) is 0 Å². The maximum absolute atomic E-state index is 11.3. The van der Waals surface area contributed by atoms with Gasteiger partial charge in [0.2, 0.25) is 0 Å². The molecule has 0 heterocycles. The van der Waals surface area contributed by atoms with E-state index in [4.69, 9.17) is 10.4 Å². The van der Waals surface area contributed by atoms with Crippen LogP contribution < -0.4 is 11.3 Å². The Balaban J connectivity index is 3.22. The van der Waals surface area contributed by atoms with Crippen LogP contribution in [0.1, 0.15) is 16.4 Å². The number of carbonyl (C=O) groups is 1. The lowest BCUT2D eigenvalue weighted by Gasteiger charge is -2.12. The molecule has 0 aromatic heterocycles. The Kier molecular flexibility index (Phi) is 3.63. The lowest BCUT2D eigenvalue weighted by molar-refractivity contribution is -0.120. The zero-order chi connectivity index (χ0) is 12.3. The Morgan fingerprint density at radius 3 is 2.25 bits per heavy atom. The molecule has 1 amide bonds. The molecule has 0 aliphatic heterocycles. The van der Waals surface area contributed by atoms with Gasteiger partial charge < -0.3 is 0 Å². The van der Waals surface area contributed by atoms with Crippen molar-refractivity contribution < 1.29 is 17.8 Å². The standard InChI is InChI=1S/C9H12N2O4S/c1-6-2-4-7(5-3-6)8(9(12)11-10)16(13,14)15/h2-5,8H,10H2,1H3,(H,11,12)(H,13,14,15). The van der Waals surface area contributed by atoms with E-state index in [1.807, 2.05) is 6.92 Å². The summed E-state index contributed by atoms with van der Waals surface area (Å²) in [6.45, 7) is 1.81. The Hall–Kier alpha value is -1.44. The van der Waals surface area contributed by atoms with Gasteiger partial charge in [-0.15, -0.1) is 0 Å². The topological polar surface area (TPSA) is 109 Å². The Labute approximate surface area is 93.2 Å². The SMILES string of the molecule is Cc1ccc(C(C(=O)NN)S(=O)(=O)O)cc1. The molecule has 1 atom stereocenters. The molecule has 1 aromatic carbocycles. The number of amides is 1. The van der Waals surface area contributed by atoms with Crippen LogP contribution in [0, 0.1) is 6.92 Å². The maximum atomic E-state index is 11.3. The van der Waals surface area contributed by atoms with Crippen LogP contribution in [0.3, 0.4) is 0 Å². The van der Waals surface area contributed by atoms with E-state index in [0.29, 0.717) is 0 Å². The highest BCUT2D eigenvalue weighted by Gasteiger charge is 2.32. The number of nitrogens with one attached hydrogen (secondary N) is 1. The number of rotatable bonds is 3. The van der Waals surface area contributed by atoms with Gasteiger partial charge >= 0.3 is 0 Å². The van der Waals surface area contributed by atoms with E-state index in [1.165, 1.54) is 12.1 Å². The van der Waals surface area contributed by atoms with E-state index in [1.54, 1.807) is 17.6 Å². The number of hydrogen-bond acceptors (Lipinski definition) is 4. The summed E-state index contributed by atoms with van der Waals surface area (Å²) in [4.78, 5) is 11.3. The Morgan fingerprint density at radius 1 is 1.38 bits per heavy atom. The first kappa shape index (κ1) is 12.6. The third kappa shape index (κ3) is 2.78. The molecule has 0 radical (unpaired) electrons. The summed E-state index contributed by atoms with van der Waals surface area (Å²) in [5, 5.41) is -1.70. The highest BCUT2D eigenvalue weighted by molar-refractivity contribution is 7.86. The average Bonchev–Trinajstić information content (AvgIpc) is 2.19. The number of aryl methyl sites for hydroxylation is 1. The monoisotopic (exact) mass is 244 g/mol. The summed E-state index contributed by atoms with van der Waals surface area (Å²) in [7, 11) is -4.53. The molecule has 0 fully saturated rings. The predicted octanol–water partition coefficient (Wildman–Crippen LogP) is -0.0862. The van der Waals surface area contributed by atoms with Gasteiger partial charge in [-0.3, -0.25) is 14.8 Å². The van der Waals surface area contributed by atoms with Crippen LogP contribution in [-0.2, 0) is 14.9 Å². The summed E-state index contributed by atoms with van der Waals surface area (Å²) in [6.07, 6.45) is 0. The molecule has 7 heteroatoms. The molecular formula is C9H12N2O4S. The first-order valence-electron chi connectivity index (χ1n) is 4.39. The molecule has 0 aliphatic rings. The van der Waals surface area contributed by atoms with Gasteiger partial charge in [0.1, 0.15) is 0 Å². The van der Waals surface area contributed by atoms with Crippen molar-refractivity contribution in [3.8, 4) is 0 Å². The second-order valence-corrected chi connectivity index (χ2v) is 4.82. The van der Waals surface area contributed by atoms with Crippen molar-refractivity contribution in [2.24, 2.45) is 5.84 Å².